The molecule has 0 fully saturated rings. The van der Waals surface area contributed by atoms with Gasteiger partial charge in [-0.15, -0.1) is 0 Å². The Morgan fingerprint density at radius 2 is 1.69 bits per heavy atom. The normalized spacial score (nSPS) is 11.4. The predicted octanol–water partition coefficient (Wildman–Crippen LogP) is 4.72. The maximum atomic E-state index is 8.74. The smallest absolute Gasteiger partial charge is 0.313 e. The number of aromatic nitrogens is 1. The van der Waals surface area contributed by atoms with Gasteiger partial charge in [-0.05, 0) is 56.4 Å². The van der Waals surface area contributed by atoms with Crippen LogP contribution in [0.25, 0.3) is 22.2 Å². The van der Waals surface area contributed by atoms with Crippen LogP contribution in [0, 0.1) is 0 Å². The summed E-state index contributed by atoms with van der Waals surface area (Å²) < 4.78 is 31.6. The summed E-state index contributed by atoms with van der Waals surface area (Å²) in [5.41, 5.74) is 4.33. The molecule has 0 unspecified atom stereocenters. The highest BCUT2D eigenvalue weighted by Crippen LogP contribution is 2.26. The molecule has 0 saturated carbocycles. The molecule has 3 N–H and O–H groups in total. The summed E-state index contributed by atoms with van der Waals surface area (Å²) in [6.07, 6.45) is 1.15. The highest BCUT2D eigenvalue weighted by molar-refractivity contribution is 7.79. The van der Waals surface area contributed by atoms with E-state index in [1.165, 1.54) is 5.56 Å². The van der Waals surface area contributed by atoms with E-state index >= 15 is 0 Å². The average Bonchev–Trinajstić information content (AvgIpc) is 2.75. The van der Waals surface area contributed by atoms with Gasteiger partial charge in [0.15, 0.2) is 0 Å². The summed E-state index contributed by atoms with van der Waals surface area (Å²) in [5.74, 6) is 0. The minimum Gasteiger partial charge on any atom is -0.313 e. The molecular formula is C23H30ClN3O4S. The Morgan fingerprint density at radius 3 is 2.31 bits per heavy atom. The van der Waals surface area contributed by atoms with Crippen molar-refractivity contribution in [3.63, 3.8) is 0 Å². The van der Waals surface area contributed by atoms with Crippen LogP contribution in [-0.4, -0.2) is 53.6 Å². The lowest BCUT2D eigenvalue weighted by atomic mass is 10.0. The van der Waals surface area contributed by atoms with Crippen molar-refractivity contribution in [3.05, 3.63) is 65.2 Å². The fraction of sp³-hybridized carbons (Fsp3) is 0.348. The zero-order valence-corrected chi connectivity index (χ0v) is 19.9. The van der Waals surface area contributed by atoms with Crippen molar-refractivity contribution in [3.8, 4) is 11.3 Å². The molecule has 0 aliphatic heterocycles. The van der Waals surface area contributed by atoms with Crippen molar-refractivity contribution < 1.29 is 17.5 Å². The molecule has 0 saturated heterocycles. The molecular weight excluding hydrogens is 450 g/mol. The summed E-state index contributed by atoms with van der Waals surface area (Å²) in [5, 5.41) is 5.49. The van der Waals surface area contributed by atoms with Crippen LogP contribution >= 0.6 is 11.6 Å². The number of nitrogens with zero attached hydrogens (tertiary/aromatic N) is 2. The Balaban J connectivity index is 0.000000654. The van der Waals surface area contributed by atoms with E-state index < -0.39 is 10.4 Å². The topological polar surface area (TPSA) is 103 Å². The molecule has 0 aliphatic carbocycles. The van der Waals surface area contributed by atoms with Crippen LogP contribution in [0.1, 0.15) is 25.8 Å². The quantitative estimate of drug-likeness (QED) is 0.301. The largest absolute Gasteiger partial charge is 0.394 e. The highest BCUT2D eigenvalue weighted by Gasteiger charge is 2.08. The second-order valence-corrected chi connectivity index (χ2v) is 8.53. The Hall–Kier alpha value is -2.07. The van der Waals surface area contributed by atoms with Gasteiger partial charge in [0.2, 0.25) is 0 Å². The Bertz CT molecular complexity index is 1080. The van der Waals surface area contributed by atoms with Crippen molar-refractivity contribution in [2.75, 3.05) is 26.2 Å². The average molecular weight is 480 g/mol. The standard InChI is InChI=1S/C23H28ClN3.H2O4S/c1-3-27(4-2)14-8-13-25-17-19-15-22(18-9-6-5-7-10-18)26-23-16-20(24)11-12-21(19)23;1-5(2,3)4/h5-7,9-12,15-16,25H,3-4,8,13-14,17H2,1-2H3;(H2,1,2,3,4). The van der Waals surface area contributed by atoms with Gasteiger partial charge in [0.1, 0.15) is 0 Å². The van der Waals surface area contributed by atoms with Gasteiger partial charge in [0, 0.05) is 22.5 Å². The molecule has 9 heteroatoms. The zero-order chi connectivity index (χ0) is 23.6. The van der Waals surface area contributed by atoms with E-state index in [2.05, 4.69) is 48.3 Å². The van der Waals surface area contributed by atoms with Gasteiger partial charge in [-0.3, -0.25) is 9.11 Å². The first-order valence-corrected chi connectivity index (χ1v) is 12.3. The summed E-state index contributed by atoms with van der Waals surface area (Å²) >= 11 is 6.21. The molecule has 0 spiro atoms. The third kappa shape index (κ3) is 9.20. The molecule has 2 aromatic carbocycles. The van der Waals surface area contributed by atoms with E-state index in [0.29, 0.717) is 0 Å². The molecule has 1 heterocycles. The van der Waals surface area contributed by atoms with Crippen LogP contribution in [0.5, 0.6) is 0 Å². The maximum absolute atomic E-state index is 8.74. The van der Waals surface area contributed by atoms with E-state index in [0.717, 1.165) is 66.3 Å². The maximum Gasteiger partial charge on any atom is 0.394 e. The number of fused-ring (bicyclic) bond motifs is 1. The molecule has 1 aromatic heterocycles. The number of nitrogens with one attached hydrogen (secondary N) is 1. The zero-order valence-electron chi connectivity index (χ0n) is 18.3. The minimum atomic E-state index is -4.67. The molecule has 0 atom stereocenters. The van der Waals surface area contributed by atoms with Gasteiger partial charge in [-0.1, -0.05) is 61.8 Å². The van der Waals surface area contributed by atoms with Gasteiger partial charge < -0.3 is 10.2 Å². The first-order valence-electron chi connectivity index (χ1n) is 10.5. The van der Waals surface area contributed by atoms with Crippen LogP contribution in [0.4, 0.5) is 0 Å². The van der Waals surface area contributed by atoms with E-state index in [-0.39, 0.29) is 0 Å². The summed E-state index contributed by atoms with van der Waals surface area (Å²) in [6.45, 7) is 9.65. The van der Waals surface area contributed by atoms with Gasteiger partial charge in [0.25, 0.3) is 0 Å². The van der Waals surface area contributed by atoms with Crippen molar-refractivity contribution >= 4 is 32.9 Å². The molecule has 0 bridgehead atoms. The fourth-order valence-corrected chi connectivity index (χ4v) is 3.53. The molecule has 174 valence electrons. The molecule has 0 radical (unpaired) electrons. The van der Waals surface area contributed by atoms with E-state index in [1.807, 2.05) is 30.3 Å². The number of pyridine rings is 1. The molecule has 3 rings (SSSR count). The van der Waals surface area contributed by atoms with E-state index in [9.17, 15) is 0 Å². The van der Waals surface area contributed by atoms with Gasteiger partial charge in [-0.25, -0.2) is 4.98 Å². The second kappa shape index (κ2) is 12.8. The lowest BCUT2D eigenvalue weighted by Gasteiger charge is -2.18. The van der Waals surface area contributed by atoms with Crippen molar-refractivity contribution in [1.82, 2.24) is 15.2 Å². The fourth-order valence-electron chi connectivity index (χ4n) is 3.37. The lowest BCUT2D eigenvalue weighted by Crippen LogP contribution is -2.27. The number of rotatable bonds is 9. The molecule has 7 nitrogen and oxygen atoms in total. The van der Waals surface area contributed by atoms with Crippen LogP contribution in [-0.2, 0) is 16.9 Å². The number of hydrogen-bond acceptors (Lipinski definition) is 5. The third-order valence-corrected chi connectivity index (χ3v) is 5.20. The molecule has 0 aliphatic rings. The monoisotopic (exact) mass is 479 g/mol. The van der Waals surface area contributed by atoms with Crippen LogP contribution < -0.4 is 5.32 Å². The highest BCUT2D eigenvalue weighted by atomic mass is 35.5. The van der Waals surface area contributed by atoms with Crippen molar-refractivity contribution in [2.24, 2.45) is 0 Å². The summed E-state index contributed by atoms with van der Waals surface area (Å²) in [7, 11) is -4.67. The summed E-state index contributed by atoms with van der Waals surface area (Å²) in [4.78, 5) is 7.30. The van der Waals surface area contributed by atoms with Gasteiger partial charge in [-0.2, -0.15) is 8.42 Å². The molecule has 3 aromatic rings. The predicted molar refractivity (Wildman–Crippen MR) is 130 cm³/mol. The Kier molecular flexibility index (Phi) is 10.5. The van der Waals surface area contributed by atoms with Crippen LogP contribution in [0.3, 0.4) is 0 Å². The van der Waals surface area contributed by atoms with Crippen LogP contribution in [0.15, 0.2) is 54.6 Å². The SMILES string of the molecule is CCN(CC)CCCNCc1cc(-c2ccccc2)nc2cc(Cl)ccc12.O=S(=O)(O)O. The first kappa shape index (κ1) is 26.2. The minimum absolute atomic E-state index is 0.721. The molecule has 0 amide bonds. The van der Waals surface area contributed by atoms with E-state index in [1.54, 1.807) is 0 Å². The van der Waals surface area contributed by atoms with Crippen molar-refractivity contribution in [2.45, 2.75) is 26.8 Å². The lowest BCUT2D eigenvalue weighted by molar-refractivity contribution is 0.298. The number of hydrogen-bond donors (Lipinski definition) is 3. The number of halogens is 1. The number of benzene rings is 2. The summed E-state index contributed by atoms with van der Waals surface area (Å²) in [6, 6.07) is 18.5. The van der Waals surface area contributed by atoms with E-state index in [4.69, 9.17) is 34.1 Å². The van der Waals surface area contributed by atoms with Gasteiger partial charge in [0.05, 0.1) is 11.2 Å². The Morgan fingerprint density at radius 1 is 1.03 bits per heavy atom. The van der Waals surface area contributed by atoms with Crippen LogP contribution in [0.2, 0.25) is 5.02 Å². The first-order chi connectivity index (χ1) is 15.2. The molecule has 32 heavy (non-hydrogen) atoms. The van der Waals surface area contributed by atoms with Crippen molar-refractivity contribution in [1.29, 1.82) is 0 Å². The van der Waals surface area contributed by atoms with Gasteiger partial charge >= 0.3 is 10.4 Å². The Labute approximate surface area is 195 Å². The third-order valence-electron chi connectivity index (χ3n) is 4.96. The second-order valence-electron chi connectivity index (χ2n) is 7.20.